The third-order valence-corrected chi connectivity index (χ3v) is 4.93. The van der Waals surface area contributed by atoms with Gasteiger partial charge in [0.2, 0.25) is 4.77 Å². The highest BCUT2D eigenvalue weighted by atomic mass is 32.1. The Balaban J connectivity index is 2.41. The van der Waals surface area contributed by atoms with Crippen LogP contribution in [0.1, 0.15) is 37.5 Å². The van der Waals surface area contributed by atoms with E-state index in [1.54, 1.807) is 0 Å². The second-order valence-electron chi connectivity index (χ2n) is 6.72. The summed E-state index contributed by atoms with van der Waals surface area (Å²) in [6.45, 7) is 10.9. The van der Waals surface area contributed by atoms with Crippen LogP contribution < -0.4 is 0 Å². The highest BCUT2D eigenvalue weighted by Crippen LogP contribution is 2.43. The number of fused-ring (bicyclic) bond motifs is 3. The first-order valence-corrected chi connectivity index (χ1v) is 7.83. The molecule has 0 bridgehead atoms. The maximum atomic E-state index is 5.20. The zero-order chi connectivity index (χ0) is 15.8. The van der Waals surface area contributed by atoms with Crippen LogP contribution in [0.15, 0.2) is 12.1 Å². The van der Waals surface area contributed by atoms with Gasteiger partial charge in [-0.25, -0.2) is 0 Å². The van der Waals surface area contributed by atoms with E-state index in [2.05, 4.69) is 66.5 Å². The van der Waals surface area contributed by atoms with E-state index in [-0.39, 0.29) is 5.54 Å². The van der Waals surface area contributed by atoms with Crippen LogP contribution >= 0.6 is 12.2 Å². The summed E-state index contributed by atoms with van der Waals surface area (Å²) in [7, 11) is 0. The molecule has 4 nitrogen and oxygen atoms in total. The summed E-state index contributed by atoms with van der Waals surface area (Å²) < 4.78 is 2.70. The molecule has 1 aliphatic heterocycles. The van der Waals surface area contributed by atoms with Crippen LogP contribution in [0, 0.1) is 18.6 Å². The maximum Gasteiger partial charge on any atom is 0.215 e. The number of hydrogen-bond acceptors (Lipinski definition) is 3. The second-order valence-corrected chi connectivity index (χ2v) is 7.11. The first-order chi connectivity index (χ1) is 10.3. The smallest absolute Gasteiger partial charge is 0.215 e. The Morgan fingerprint density at radius 2 is 1.95 bits per heavy atom. The zero-order valence-electron chi connectivity index (χ0n) is 13.4. The predicted octanol–water partition coefficient (Wildman–Crippen LogP) is 4.41. The summed E-state index contributed by atoms with van der Waals surface area (Å²) in [5.74, 6) is 0. The largest absolute Gasteiger partial charge is 0.314 e. The summed E-state index contributed by atoms with van der Waals surface area (Å²) in [6, 6.07) is 2.27. The number of aryl methyl sites for hydroxylation is 2. The number of benzene rings is 1. The monoisotopic (exact) mass is 310 g/mol. The highest BCUT2D eigenvalue weighted by Gasteiger charge is 2.31. The van der Waals surface area contributed by atoms with E-state index in [0.717, 1.165) is 11.2 Å². The minimum atomic E-state index is -0.156. The van der Waals surface area contributed by atoms with Crippen LogP contribution in [-0.2, 0) is 5.54 Å². The summed E-state index contributed by atoms with van der Waals surface area (Å²) in [5, 5.41) is 8.54. The molecule has 0 amide bonds. The van der Waals surface area contributed by atoms with Gasteiger partial charge < -0.3 is 4.57 Å². The molecule has 1 aromatic carbocycles. The number of aromatic amines is 1. The van der Waals surface area contributed by atoms with Crippen molar-refractivity contribution in [1.82, 2.24) is 19.7 Å². The van der Waals surface area contributed by atoms with Crippen molar-refractivity contribution in [2.75, 3.05) is 0 Å². The molecule has 0 spiro atoms. The van der Waals surface area contributed by atoms with E-state index in [0.29, 0.717) is 4.77 Å². The first kappa shape index (κ1) is 13.6. The molecule has 4 rings (SSSR count). The summed E-state index contributed by atoms with van der Waals surface area (Å²) in [5.41, 5.74) is 7.93. The number of H-pyrrole nitrogens is 1. The molecule has 5 heteroatoms. The molecule has 3 heterocycles. The zero-order valence-corrected chi connectivity index (χ0v) is 14.2. The van der Waals surface area contributed by atoms with Crippen molar-refractivity contribution in [3.05, 3.63) is 33.6 Å². The standard InChI is InChI=1S/C17H18N4S/c1-8-6-11-9(2)7-17(4,5)21-14(11)12(10(8)3)13-15(21)18-16(22)20-19-13/h6-7H,1-5H3,(H,18,20,22). The van der Waals surface area contributed by atoms with Crippen molar-refractivity contribution < 1.29 is 0 Å². The molecule has 0 aliphatic carbocycles. The van der Waals surface area contributed by atoms with Crippen LogP contribution in [0.4, 0.5) is 0 Å². The Morgan fingerprint density at radius 3 is 2.68 bits per heavy atom. The predicted molar refractivity (Wildman–Crippen MR) is 92.7 cm³/mol. The quantitative estimate of drug-likeness (QED) is 0.626. The minimum Gasteiger partial charge on any atom is -0.314 e. The van der Waals surface area contributed by atoms with Gasteiger partial charge in [0.05, 0.1) is 11.1 Å². The Morgan fingerprint density at radius 1 is 1.23 bits per heavy atom. The van der Waals surface area contributed by atoms with Crippen molar-refractivity contribution in [2.24, 2.45) is 0 Å². The minimum absolute atomic E-state index is 0.156. The van der Waals surface area contributed by atoms with E-state index < -0.39 is 0 Å². The third kappa shape index (κ3) is 1.54. The average Bonchev–Trinajstić information content (AvgIpc) is 2.76. The van der Waals surface area contributed by atoms with Crippen LogP contribution in [-0.4, -0.2) is 19.7 Å². The fourth-order valence-electron chi connectivity index (χ4n) is 3.72. The number of rotatable bonds is 0. The van der Waals surface area contributed by atoms with Gasteiger partial charge in [-0.15, -0.1) is 0 Å². The average molecular weight is 310 g/mol. The fraction of sp³-hybridized carbons (Fsp3) is 0.353. The molecule has 22 heavy (non-hydrogen) atoms. The molecular weight excluding hydrogens is 292 g/mol. The highest BCUT2D eigenvalue weighted by molar-refractivity contribution is 7.71. The lowest BCUT2D eigenvalue weighted by atomic mass is 9.89. The van der Waals surface area contributed by atoms with Gasteiger partial charge in [0.15, 0.2) is 5.65 Å². The molecule has 0 fully saturated rings. The molecule has 1 aliphatic rings. The van der Waals surface area contributed by atoms with Gasteiger partial charge in [-0.05, 0) is 69.6 Å². The molecule has 2 aromatic heterocycles. The van der Waals surface area contributed by atoms with Gasteiger partial charge in [-0.3, -0.25) is 5.10 Å². The number of nitrogens with one attached hydrogen (secondary N) is 1. The van der Waals surface area contributed by atoms with Crippen molar-refractivity contribution >= 4 is 39.9 Å². The van der Waals surface area contributed by atoms with Crippen LogP contribution in [0.5, 0.6) is 0 Å². The molecule has 1 N–H and O–H groups in total. The van der Waals surface area contributed by atoms with Gasteiger partial charge in [-0.1, -0.05) is 6.08 Å². The van der Waals surface area contributed by atoms with E-state index in [9.17, 15) is 0 Å². The lowest BCUT2D eigenvalue weighted by Gasteiger charge is -2.31. The normalized spacial score (nSPS) is 16.3. The van der Waals surface area contributed by atoms with E-state index in [1.165, 1.54) is 33.2 Å². The lowest BCUT2D eigenvalue weighted by molar-refractivity contribution is 0.478. The van der Waals surface area contributed by atoms with Crippen molar-refractivity contribution in [1.29, 1.82) is 0 Å². The fourth-order valence-corrected chi connectivity index (χ4v) is 3.85. The van der Waals surface area contributed by atoms with Crippen molar-refractivity contribution in [3.63, 3.8) is 0 Å². The van der Waals surface area contributed by atoms with Crippen LogP contribution in [0.2, 0.25) is 0 Å². The van der Waals surface area contributed by atoms with E-state index >= 15 is 0 Å². The SMILES string of the molecule is CC1=CC(C)(C)n2c3nc(=S)[nH]nc3c3c(C)c(C)cc1c32. The van der Waals surface area contributed by atoms with Crippen molar-refractivity contribution in [3.8, 4) is 0 Å². The molecule has 0 saturated carbocycles. The molecule has 0 atom stereocenters. The third-order valence-electron chi connectivity index (χ3n) is 4.74. The molecule has 0 unspecified atom stereocenters. The first-order valence-electron chi connectivity index (χ1n) is 7.42. The topological polar surface area (TPSA) is 46.5 Å². The Labute approximate surface area is 133 Å². The van der Waals surface area contributed by atoms with Gasteiger partial charge in [-0.2, -0.15) is 10.1 Å². The van der Waals surface area contributed by atoms with Crippen molar-refractivity contribution in [2.45, 2.75) is 40.2 Å². The number of aromatic nitrogens is 4. The summed E-state index contributed by atoms with van der Waals surface area (Å²) in [4.78, 5) is 4.58. The lowest BCUT2D eigenvalue weighted by Crippen LogP contribution is -2.27. The van der Waals surface area contributed by atoms with Crippen LogP contribution in [0.3, 0.4) is 0 Å². The van der Waals surface area contributed by atoms with E-state index in [4.69, 9.17) is 12.2 Å². The molecule has 0 saturated heterocycles. The maximum absolute atomic E-state index is 5.20. The summed E-state index contributed by atoms with van der Waals surface area (Å²) >= 11 is 5.20. The van der Waals surface area contributed by atoms with E-state index in [1.807, 2.05) is 0 Å². The van der Waals surface area contributed by atoms with Gasteiger partial charge >= 0.3 is 0 Å². The number of nitrogens with zero attached hydrogens (tertiary/aromatic N) is 3. The molecule has 112 valence electrons. The van der Waals surface area contributed by atoms with Gasteiger partial charge in [0.25, 0.3) is 0 Å². The Hall–Kier alpha value is -2.01. The van der Waals surface area contributed by atoms with Gasteiger partial charge in [0.1, 0.15) is 5.52 Å². The molecule has 0 radical (unpaired) electrons. The van der Waals surface area contributed by atoms with Gasteiger partial charge in [0, 0.05) is 10.9 Å². The molecule has 3 aromatic rings. The number of hydrogen-bond donors (Lipinski definition) is 1. The Kier molecular flexibility index (Phi) is 2.51. The number of allylic oxidation sites excluding steroid dienone is 2. The second kappa shape index (κ2) is 4.04. The summed E-state index contributed by atoms with van der Waals surface area (Å²) in [6.07, 6.45) is 2.30. The Bertz CT molecular complexity index is 1050. The van der Waals surface area contributed by atoms with Crippen LogP contribution in [0.25, 0.3) is 27.6 Å². The molecular formula is C17H18N4S.